The lowest BCUT2D eigenvalue weighted by molar-refractivity contribution is -0.179. The second kappa shape index (κ2) is 7.05. The molecule has 10 heteroatoms. The molecular formula is C12H17F3N4O3. The fraction of sp³-hybridized carbons (Fsp3) is 0.750. The SMILES string of the molecule is CCc1nc([C@H]2CN(C(=O)COCC(F)(F)F)CCO2)n[nH]1. The Morgan fingerprint density at radius 2 is 2.32 bits per heavy atom. The van der Waals surface area contributed by atoms with Gasteiger partial charge in [-0.25, -0.2) is 4.98 Å². The number of amides is 1. The fourth-order valence-corrected chi connectivity index (χ4v) is 1.99. The summed E-state index contributed by atoms with van der Waals surface area (Å²) < 4.78 is 45.8. The largest absolute Gasteiger partial charge is 0.411 e. The maximum absolute atomic E-state index is 12.0. The Bertz CT molecular complexity index is 506. The molecule has 7 nitrogen and oxygen atoms in total. The van der Waals surface area contributed by atoms with E-state index >= 15 is 0 Å². The molecule has 124 valence electrons. The number of alkyl halides is 3. The van der Waals surface area contributed by atoms with Gasteiger partial charge in [-0.2, -0.15) is 18.3 Å². The molecule has 2 heterocycles. The number of nitrogens with one attached hydrogen (secondary N) is 1. The summed E-state index contributed by atoms with van der Waals surface area (Å²) >= 11 is 0. The second-order valence-corrected chi connectivity index (χ2v) is 4.80. The number of hydrogen-bond donors (Lipinski definition) is 1. The van der Waals surface area contributed by atoms with Crippen LogP contribution in [0.1, 0.15) is 24.7 Å². The minimum atomic E-state index is -4.44. The topological polar surface area (TPSA) is 80.3 Å². The zero-order chi connectivity index (χ0) is 16.2. The average molecular weight is 322 g/mol. The first-order valence-electron chi connectivity index (χ1n) is 6.84. The highest BCUT2D eigenvalue weighted by molar-refractivity contribution is 5.77. The molecule has 0 radical (unpaired) electrons. The highest BCUT2D eigenvalue weighted by Crippen LogP contribution is 2.19. The second-order valence-electron chi connectivity index (χ2n) is 4.80. The Labute approximate surface area is 124 Å². The number of nitrogens with zero attached hydrogens (tertiary/aromatic N) is 3. The van der Waals surface area contributed by atoms with Crippen LogP contribution in [0.25, 0.3) is 0 Å². The number of hydrogen-bond acceptors (Lipinski definition) is 5. The standard InChI is InChI=1S/C12H17F3N4O3/c1-2-9-16-11(18-17-9)8-5-19(3-4-22-8)10(20)6-21-7-12(13,14)15/h8H,2-7H2,1H3,(H,16,17,18)/t8-/m1/s1. The zero-order valence-electron chi connectivity index (χ0n) is 12.0. The fourth-order valence-electron chi connectivity index (χ4n) is 1.99. The van der Waals surface area contributed by atoms with Gasteiger partial charge in [0.25, 0.3) is 0 Å². The van der Waals surface area contributed by atoms with Crippen LogP contribution in [0.5, 0.6) is 0 Å². The molecule has 0 aromatic carbocycles. The Kier molecular flexibility index (Phi) is 5.35. The molecule has 2 rings (SSSR count). The molecule has 0 spiro atoms. The van der Waals surface area contributed by atoms with Gasteiger partial charge in [0.1, 0.15) is 25.1 Å². The summed E-state index contributed by atoms with van der Waals surface area (Å²) in [5.74, 6) is 0.630. The number of halogens is 3. The molecule has 1 aromatic rings. The van der Waals surface area contributed by atoms with E-state index in [1.807, 2.05) is 6.92 Å². The molecule has 0 aliphatic carbocycles. The first kappa shape index (κ1) is 16.7. The number of aryl methyl sites for hydroxylation is 1. The third-order valence-electron chi connectivity index (χ3n) is 3.08. The molecule has 1 aliphatic rings. The molecule has 1 aromatic heterocycles. The van der Waals surface area contributed by atoms with E-state index in [9.17, 15) is 18.0 Å². The van der Waals surface area contributed by atoms with Gasteiger partial charge in [-0.3, -0.25) is 9.89 Å². The van der Waals surface area contributed by atoms with Crippen LogP contribution < -0.4 is 0 Å². The number of H-pyrrole nitrogens is 1. The van der Waals surface area contributed by atoms with Crippen LogP contribution >= 0.6 is 0 Å². The summed E-state index contributed by atoms with van der Waals surface area (Å²) in [5, 5.41) is 6.77. The lowest BCUT2D eigenvalue weighted by Crippen LogP contribution is -2.44. The number of carbonyl (C=O) groups excluding carboxylic acids is 1. The summed E-state index contributed by atoms with van der Waals surface area (Å²) in [5.41, 5.74) is 0. The van der Waals surface area contributed by atoms with Crippen molar-refractivity contribution >= 4 is 5.91 Å². The van der Waals surface area contributed by atoms with E-state index in [0.717, 1.165) is 0 Å². The summed E-state index contributed by atoms with van der Waals surface area (Å²) in [6, 6.07) is 0. The van der Waals surface area contributed by atoms with E-state index in [2.05, 4.69) is 19.9 Å². The van der Waals surface area contributed by atoms with Gasteiger partial charge in [0.05, 0.1) is 13.2 Å². The smallest absolute Gasteiger partial charge is 0.366 e. The van der Waals surface area contributed by atoms with Gasteiger partial charge < -0.3 is 14.4 Å². The number of rotatable bonds is 5. The molecule has 1 fully saturated rings. The number of ether oxygens (including phenoxy) is 2. The molecule has 0 unspecified atom stereocenters. The number of morpholine rings is 1. The maximum Gasteiger partial charge on any atom is 0.411 e. The molecule has 1 aliphatic heterocycles. The van der Waals surface area contributed by atoms with Crippen LogP contribution in [-0.2, 0) is 20.7 Å². The summed E-state index contributed by atoms with van der Waals surface area (Å²) in [4.78, 5) is 17.5. The lowest BCUT2D eigenvalue weighted by atomic mass is 10.2. The number of aromatic nitrogens is 3. The summed E-state index contributed by atoms with van der Waals surface area (Å²) in [6.45, 7) is 0.629. The van der Waals surface area contributed by atoms with E-state index in [4.69, 9.17) is 4.74 Å². The first-order valence-corrected chi connectivity index (χ1v) is 6.84. The van der Waals surface area contributed by atoms with Crippen molar-refractivity contribution < 1.29 is 27.4 Å². The van der Waals surface area contributed by atoms with Crippen molar-refractivity contribution in [2.24, 2.45) is 0 Å². The summed E-state index contributed by atoms with van der Waals surface area (Å²) in [6.07, 6.45) is -4.24. The van der Waals surface area contributed by atoms with Crippen molar-refractivity contribution in [1.82, 2.24) is 20.1 Å². The number of carbonyl (C=O) groups is 1. The van der Waals surface area contributed by atoms with Crippen LogP contribution in [0.3, 0.4) is 0 Å². The predicted molar refractivity (Wildman–Crippen MR) is 67.9 cm³/mol. The van der Waals surface area contributed by atoms with E-state index in [0.29, 0.717) is 24.6 Å². The van der Waals surface area contributed by atoms with Gasteiger partial charge in [0, 0.05) is 13.0 Å². The van der Waals surface area contributed by atoms with Gasteiger partial charge in [0.15, 0.2) is 5.82 Å². The molecule has 1 amide bonds. The third-order valence-corrected chi connectivity index (χ3v) is 3.08. The van der Waals surface area contributed by atoms with Crippen LogP contribution in [0.4, 0.5) is 13.2 Å². The minimum absolute atomic E-state index is 0.190. The normalized spacial score (nSPS) is 19.5. The van der Waals surface area contributed by atoms with Crippen LogP contribution in [-0.4, -0.2) is 65.1 Å². The molecule has 0 bridgehead atoms. The minimum Gasteiger partial charge on any atom is -0.366 e. The monoisotopic (exact) mass is 322 g/mol. The molecule has 1 atom stereocenters. The van der Waals surface area contributed by atoms with Crippen LogP contribution in [0, 0.1) is 0 Å². The highest BCUT2D eigenvalue weighted by Gasteiger charge is 2.30. The zero-order valence-corrected chi connectivity index (χ0v) is 12.0. The Morgan fingerprint density at radius 3 is 2.95 bits per heavy atom. The average Bonchev–Trinajstić information content (AvgIpc) is 2.95. The van der Waals surface area contributed by atoms with E-state index in [1.165, 1.54) is 4.90 Å². The van der Waals surface area contributed by atoms with Crippen LogP contribution in [0.2, 0.25) is 0 Å². The van der Waals surface area contributed by atoms with Crippen molar-refractivity contribution in [3.63, 3.8) is 0 Å². The van der Waals surface area contributed by atoms with Crippen molar-refractivity contribution in [1.29, 1.82) is 0 Å². The highest BCUT2D eigenvalue weighted by atomic mass is 19.4. The van der Waals surface area contributed by atoms with Crippen molar-refractivity contribution in [2.75, 3.05) is 32.9 Å². The summed E-state index contributed by atoms with van der Waals surface area (Å²) in [7, 11) is 0. The lowest BCUT2D eigenvalue weighted by Gasteiger charge is -2.31. The number of aromatic amines is 1. The van der Waals surface area contributed by atoms with Gasteiger partial charge in [-0.1, -0.05) is 6.92 Å². The van der Waals surface area contributed by atoms with Crippen molar-refractivity contribution in [3.05, 3.63) is 11.6 Å². The third kappa shape index (κ3) is 4.67. The first-order chi connectivity index (χ1) is 10.4. The van der Waals surface area contributed by atoms with Crippen LogP contribution in [0.15, 0.2) is 0 Å². The van der Waals surface area contributed by atoms with Crippen molar-refractivity contribution in [3.8, 4) is 0 Å². The van der Waals surface area contributed by atoms with Gasteiger partial charge in [-0.15, -0.1) is 0 Å². The Balaban J connectivity index is 1.85. The molecule has 1 N–H and O–H groups in total. The molecule has 0 saturated carbocycles. The maximum atomic E-state index is 12.0. The van der Waals surface area contributed by atoms with Gasteiger partial charge in [-0.05, 0) is 0 Å². The molecule has 1 saturated heterocycles. The quantitative estimate of drug-likeness (QED) is 0.869. The van der Waals surface area contributed by atoms with E-state index < -0.39 is 31.4 Å². The molecular weight excluding hydrogens is 305 g/mol. The van der Waals surface area contributed by atoms with Crippen molar-refractivity contribution in [2.45, 2.75) is 25.6 Å². The Hall–Kier alpha value is -1.68. The predicted octanol–water partition coefficient (Wildman–Crippen LogP) is 0.846. The van der Waals surface area contributed by atoms with E-state index in [-0.39, 0.29) is 13.2 Å². The van der Waals surface area contributed by atoms with Gasteiger partial charge >= 0.3 is 6.18 Å². The van der Waals surface area contributed by atoms with E-state index in [1.54, 1.807) is 0 Å². The van der Waals surface area contributed by atoms with Gasteiger partial charge in [0.2, 0.25) is 5.91 Å². The Morgan fingerprint density at radius 1 is 1.55 bits per heavy atom. The molecule has 22 heavy (non-hydrogen) atoms.